The molecule has 1 rings (SSSR count). The maximum atomic E-state index is 10.8. The molecule has 0 amide bonds. The van der Waals surface area contributed by atoms with Crippen molar-refractivity contribution in [3.8, 4) is 0 Å². The Bertz CT molecular complexity index is 124. The molecule has 1 saturated heterocycles. The molecule has 52 valence electrons. The van der Waals surface area contributed by atoms with E-state index in [9.17, 15) is 4.79 Å². The molecule has 0 aliphatic carbocycles. The minimum absolute atomic E-state index is 0.0463. The molecule has 2 nitrogen and oxygen atoms in total. The molecular weight excluding hydrogens is 136 g/mol. The van der Waals surface area contributed by atoms with Crippen molar-refractivity contribution in [3.05, 3.63) is 0 Å². The number of hydrogen-bond acceptors (Lipinski definition) is 3. The zero-order valence-corrected chi connectivity index (χ0v) is 6.40. The summed E-state index contributed by atoms with van der Waals surface area (Å²) in [6.07, 6.45) is 2.94. The van der Waals surface area contributed by atoms with Gasteiger partial charge in [0.05, 0.1) is 0 Å². The van der Waals surface area contributed by atoms with E-state index < -0.39 is 0 Å². The lowest BCUT2D eigenvalue weighted by Crippen LogP contribution is -2.08. The summed E-state index contributed by atoms with van der Waals surface area (Å²) in [5.41, 5.74) is 0. The van der Waals surface area contributed by atoms with Gasteiger partial charge in [-0.25, -0.2) is 0 Å². The maximum Gasteiger partial charge on any atom is 0.319 e. The van der Waals surface area contributed by atoms with Crippen LogP contribution in [0.15, 0.2) is 0 Å². The van der Waals surface area contributed by atoms with E-state index in [1.165, 1.54) is 0 Å². The molecule has 2 atom stereocenters. The van der Waals surface area contributed by atoms with E-state index in [1.807, 2.05) is 13.2 Å². The van der Waals surface area contributed by atoms with Crippen LogP contribution in [0.3, 0.4) is 0 Å². The van der Waals surface area contributed by atoms with Crippen LogP contribution in [0, 0.1) is 0 Å². The number of carbonyl (C=O) groups excluding carboxylic acids is 1. The van der Waals surface area contributed by atoms with Crippen molar-refractivity contribution < 1.29 is 9.53 Å². The highest BCUT2D eigenvalue weighted by Crippen LogP contribution is 2.23. The van der Waals surface area contributed by atoms with Gasteiger partial charge in [0.25, 0.3) is 0 Å². The fourth-order valence-corrected chi connectivity index (χ4v) is 1.62. The Hall–Kier alpha value is -0.180. The smallest absolute Gasteiger partial charge is 0.319 e. The third kappa shape index (κ3) is 1.39. The van der Waals surface area contributed by atoms with Crippen LogP contribution >= 0.6 is 11.8 Å². The average molecular weight is 146 g/mol. The molecule has 0 radical (unpaired) electrons. The average Bonchev–Trinajstić information content (AvgIpc) is 2.10. The number of ether oxygens (including phenoxy) is 1. The molecule has 1 heterocycles. The van der Waals surface area contributed by atoms with Gasteiger partial charge in [0.15, 0.2) is 0 Å². The second-order valence-electron chi connectivity index (χ2n) is 2.21. The Kier molecular flexibility index (Phi) is 2.01. The summed E-state index contributed by atoms with van der Waals surface area (Å²) in [6, 6.07) is 0. The highest BCUT2D eigenvalue weighted by Gasteiger charge is 2.30. The fourth-order valence-electron chi connectivity index (χ4n) is 0.912. The summed E-state index contributed by atoms with van der Waals surface area (Å²) in [4.78, 5) is 10.8. The van der Waals surface area contributed by atoms with Crippen molar-refractivity contribution in [1.29, 1.82) is 0 Å². The first kappa shape index (κ1) is 6.93. The minimum atomic E-state index is -0.0463. The Morgan fingerprint density at radius 3 is 2.67 bits per heavy atom. The summed E-state index contributed by atoms with van der Waals surface area (Å²) in [5.74, 6) is -0.0463. The van der Waals surface area contributed by atoms with Crippen molar-refractivity contribution >= 4 is 17.7 Å². The maximum absolute atomic E-state index is 10.8. The SMILES string of the molecule is CS[C@H]1C[C@H](C)OC1=O. The van der Waals surface area contributed by atoms with Crippen LogP contribution in [0.5, 0.6) is 0 Å². The zero-order valence-electron chi connectivity index (χ0n) is 5.59. The predicted octanol–water partition coefficient (Wildman–Crippen LogP) is 1.05. The molecule has 0 aromatic carbocycles. The third-order valence-electron chi connectivity index (χ3n) is 1.41. The van der Waals surface area contributed by atoms with Gasteiger partial charge in [0.1, 0.15) is 11.4 Å². The van der Waals surface area contributed by atoms with Crippen molar-refractivity contribution in [3.63, 3.8) is 0 Å². The first-order chi connectivity index (χ1) is 4.24. The first-order valence-electron chi connectivity index (χ1n) is 2.97. The standard InChI is InChI=1S/C6H10O2S/c1-4-3-5(9-2)6(7)8-4/h4-5H,3H2,1-2H3/t4-,5-/m0/s1. The van der Waals surface area contributed by atoms with Crippen LogP contribution in [0.4, 0.5) is 0 Å². The normalized spacial score (nSPS) is 34.7. The Labute approximate surface area is 59.0 Å². The largest absolute Gasteiger partial charge is 0.462 e. The van der Waals surface area contributed by atoms with Crippen LogP contribution in [0.25, 0.3) is 0 Å². The van der Waals surface area contributed by atoms with E-state index in [1.54, 1.807) is 11.8 Å². The van der Waals surface area contributed by atoms with Crippen molar-refractivity contribution in [2.45, 2.75) is 24.7 Å². The molecule has 1 aliphatic heterocycles. The van der Waals surface area contributed by atoms with E-state index in [2.05, 4.69) is 0 Å². The number of carbonyl (C=O) groups is 1. The molecule has 0 spiro atoms. The number of esters is 1. The van der Waals surface area contributed by atoms with E-state index in [-0.39, 0.29) is 17.3 Å². The molecule has 0 N–H and O–H groups in total. The summed E-state index contributed by atoms with van der Waals surface area (Å²) in [7, 11) is 0. The van der Waals surface area contributed by atoms with Gasteiger partial charge in [0, 0.05) is 6.42 Å². The number of hydrogen-bond donors (Lipinski definition) is 0. The monoisotopic (exact) mass is 146 g/mol. The molecule has 0 saturated carbocycles. The molecule has 0 unspecified atom stereocenters. The van der Waals surface area contributed by atoms with Gasteiger partial charge in [-0.1, -0.05) is 0 Å². The Morgan fingerprint density at radius 1 is 1.78 bits per heavy atom. The number of cyclic esters (lactones) is 1. The number of rotatable bonds is 1. The van der Waals surface area contributed by atoms with Gasteiger partial charge >= 0.3 is 5.97 Å². The molecule has 3 heteroatoms. The predicted molar refractivity (Wildman–Crippen MR) is 37.5 cm³/mol. The van der Waals surface area contributed by atoms with Gasteiger partial charge in [0.2, 0.25) is 0 Å². The fraction of sp³-hybridized carbons (Fsp3) is 0.833. The van der Waals surface area contributed by atoms with Crippen LogP contribution < -0.4 is 0 Å². The summed E-state index contributed by atoms with van der Waals surface area (Å²) in [6.45, 7) is 1.92. The van der Waals surface area contributed by atoms with E-state index in [0.29, 0.717) is 0 Å². The van der Waals surface area contributed by atoms with Gasteiger partial charge in [-0.05, 0) is 13.2 Å². The second kappa shape index (κ2) is 2.60. The van der Waals surface area contributed by atoms with Crippen LogP contribution in [-0.4, -0.2) is 23.6 Å². The van der Waals surface area contributed by atoms with E-state index >= 15 is 0 Å². The van der Waals surface area contributed by atoms with Crippen LogP contribution in [-0.2, 0) is 9.53 Å². The topological polar surface area (TPSA) is 26.3 Å². The summed E-state index contributed by atoms with van der Waals surface area (Å²) in [5, 5.41) is 0.0972. The molecular formula is C6H10O2S. The summed E-state index contributed by atoms with van der Waals surface area (Å²) < 4.78 is 4.90. The molecule has 1 aliphatic rings. The Balaban J connectivity index is 2.48. The van der Waals surface area contributed by atoms with Gasteiger partial charge in [-0.2, -0.15) is 11.8 Å². The molecule has 9 heavy (non-hydrogen) atoms. The first-order valence-corrected chi connectivity index (χ1v) is 4.26. The zero-order chi connectivity index (χ0) is 6.85. The Morgan fingerprint density at radius 2 is 2.44 bits per heavy atom. The quantitative estimate of drug-likeness (QED) is 0.517. The molecule has 0 bridgehead atoms. The van der Waals surface area contributed by atoms with Gasteiger partial charge in [-0.3, -0.25) is 4.79 Å². The molecule has 0 aromatic heterocycles. The lowest BCUT2D eigenvalue weighted by atomic mass is 10.3. The lowest BCUT2D eigenvalue weighted by Gasteiger charge is -1.95. The van der Waals surface area contributed by atoms with Crippen molar-refractivity contribution in [1.82, 2.24) is 0 Å². The second-order valence-corrected chi connectivity index (χ2v) is 3.25. The summed E-state index contributed by atoms with van der Waals surface area (Å²) >= 11 is 1.57. The van der Waals surface area contributed by atoms with Gasteiger partial charge in [-0.15, -0.1) is 0 Å². The third-order valence-corrected chi connectivity index (χ3v) is 2.36. The van der Waals surface area contributed by atoms with Crippen LogP contribution in [0.1, 0.15) is 13.3 Å². The van der Waals surface area contributed by atoms with Crippen molar-refractivity contribution in [2.75, 3.05) is 6.26 Å². The lowest BCUT2D eigenvalue weighted by molar-refractivity contribution is -0.140. The van der Waals surface area contributed by atoms with Crippen molar-refractivity contribution in [2.24, 2.45) is 0 Å². The van der Waals surface area contributed by atoms with Crippen LogP contribution in [0.2, 0.25) is 0 Å². The van der Waals surface area contributed by atoms with E-state index in [0.717, 1.165) is 6.42 Å². The van der Waals surface area contributed by atoms with E-state index in [4.69, 9.17) is 4.74 Å². The van der Waals surface area contributed by atoms with Gasteiger partial charge < -0.3 is 4.74 Å². The molecule has 1 fully saturated rings. The minimum Gasteiger partial charge on any atom is -0.462 e. The molecule has 0 aromatic rings. The number of thioether (sulfide) groups is 1. The highest BCUT2D eigenvalue weighted by atomic mass is 32.2. The highest BCUT2D eigenvalue weighted by molar-refractivity contribution is 7.99.